The number of hydroxylamine groups is 2. The van der Waals surface area contributed by atoms with Gasteiger partial charge in [-0.2, -0.15) is 4.72 Å². The van der Waals surface area contributed by atoms with Gasteiger partial charge in [-0.3, -0.25) is 9.59 Å². The first-order valence-corrected chi connectivity index (χ1v) is 10.4. The summed E-state index contributed by atoms with van der Waals surface area (Å²) in [4.78, 5) is 42.4. The van der Waals surface area contributed by atoms with Gasteiger partial charge in [0.25, 0.3) is 11.8 Å². The number of rotatable bonds is 6. The molecule has 1 heterocycles. The summed E-state index contributed by atoms with van der Waals surface area (Å²) >= 11 is 0. The predicted octanol–water partition coefficient (Wildman–Crippen LogP) is 2.05. The first-order valence-electron chi connectivity index (χ1n) is 8.90. The van der Waals surface area contributed by atoms with Gasteiger partial charge in [-0.15, -0.1) is 0 Å². The van der Waals surface area contributed by atoms with Crippen LogP contribution in [0.15, 0.2) is 53.4 Å². The maximum Gasteiger partial charge on any atom is 0.351 e. The number of hydrogen-bond acceptors (Lipinski definition) is 6. The second-order valence-corrected chi connectivity index (χ2v) is 8.73. The highest BCUT2D eigenvalue weighted by Gasteiger charge is 2.41. The third kappa shape index (κ3) is 4.06. The van der Waals surface area contributed by atoms with Crippen molar-refractivity contribution in [1.82, 2.24) is 9.79 Å². The number of sulfonamides is 1. The summed E-state index contributed by atoms with van der Waals surface area (Å²) < 4.78 is 27.6. The van der Waals surface area contributed by atoms with E-state index in [1.54, 1.807) is 38.1 Å². The maximum absolute atomic E-state index is 12.7. The second-order valence-electron chi connectivity index (χ2n) is 7.02. The number of fused-ring (bicyclic) bond motifs is 1. The van der Waals surface area contributed by atoms with Gasteiger partial charge in [0, 0.05) is 0 Å². The van der Waals surface area contributed by atoms with E-state index in [4.69, 9.17) is 4.84 Å². The molecule has 29 heavy (non-hydrogen) atoms. The Labute approximate surface area is 168 Å². The molecule has 152 valence electrons. The Balaban J connectivity index is 1.80. The van der Waals surface area contributed by atoms with Crippen molar-refractivity contribution in [3.63, 3.8) is 0 Å². The van der Waals surface area contributed by atoms with E-state index in [-0.39, 0.29) is 16.0 Å². The number of amides is 2. The van der Waals surface area contributed by atoms with Crippen LogP contribution in [0.1, 0.15) is 40.1 Å². The number of carbonyl (C=O) groups is 3. The molecule has 0 bridgehead atoms. The molecule has 1 N–H and O–H groups in total. The van der Waals surface area contributed by atoms with Gasteiger partial charge in [0.1, 0.15) is 6.04 Å². The second kappa shape index (κ2) is 7.76. The Morgan fingerprint density at radius 1 is 0.966 bits per heavy atom. The van der Waals surface area contributed by atoms with Crippen LogP contribution in [0.5, 0.6) is 0 Å². The Morgan fingerprint density at radius 3 is 1.97 bits per heavy atom. The average molecular weight is 416 g/mol. The van der Waals surface area contributed by atoms with Crippen LogP contribution >= 0.6 is 0 Å². The lowest BCUT2D eigenvalue weighted by molar-refractivity contribution is -0.171. The summed E-state index contributed by atoms with van der Waals surface area (Å²) in [5.41, 5.74) is 1.12. The number of imide groups is 1. The maximum atomic E-state index is 12.7. The van der Waals surface area contributed by atoms with Gasteiger partial charge < -0.3 is 4.84 Å². The summed E-state index contributed by atoms with van der Waals surface area (Å²) in [5, 5.41) is 0.364. The van der Waals surface area contributed by atoms with E-state index in [1.165, 1.54) is 24.3 Å². The van der Waals surface area contributed by atoms with Crippen LogP contribution < -0.4 is 4.72 Å². The summed E-state index contributed by atoms with van der Waals surface area (Å²) in [5.74, 6) is -3.10. The van der Waals surface area contributed by atoms with Gasteiger partial charge >= 0.3 is 5.97 Å². The Kier molecular flexibility index (Phi) is 5.54. The minimum Gasteiger partial charge on any atom is -0.328 e. The largest absolute Gasteiger partial charge is 0.351 e. The molecule has 1 atom stereocenters. The third-order valence-corrected chi connectivity index (χ3v) is 5.93. The molecule has 3 rings (SSSR count). The molecule has 0 aromatic heterocycles. The first-order chi connectivity index (χ1) is 13.6. The van der Waals surface area contributed by atoms with Crippen LogP contribution in [0.2, 0.25) is 0 Å². The van der Waals surface area contributed by atoms with Crippen LogP contribution in [0.3, 0.4) is 0 Å². The summed E-state index contributed by atoms with van der Waals surface area (Å²) in [6.07, 6.45) is 0. The summed E-state index contributed by atoms with van der Waals surface area (Å²) in [7, 11) is -4.02. The van der Waals surface area contributed by atoms with E-state index in [0.717, 1.165) is 5.56 Å². The summed E-state index contributed by atoms with van der Waals surface area (Å²) in [6.45, 7) is 5.05. The quantitative estimate of drug-likeness (QED) is 0.722. The molecular formula is C20H20N2O6S. The fraction of sp³-hybridized carbons (Fsp3) is 0.250. The molecule has 1 aliphatic rings. The van der Waals surface area contributed by atoms with Gasteiger partial charge in [-0.1, -0.05) is 48.7 Å². The normalized spacial score (nSPS) is 14.8. The van der Waals surface area contributed by atoms with Crippen molar-refractivity contribution < 1.29 is 27.6 Å². The van der Waals surface area contributed by atoms with Crippen LogP contribution in [-0.2, 0) is 19.7 Å². The van der Waals surface area contributed by atoms with Crippen molar-refractivity contribution in [3.8, 4) is 0 Å². The molecule has 0 aliphatic carbocycles. The number of hydrogen-bond donors (Lipinski definition) is 1. The van der Waals surface area contributed by atoms with Crippen LogP contribution in [0.4, 0.5) is 0 Å². The van der Waals surface area contributed by atoms with Gasteiger partial charge in [0.15, 0.2) is 0 Å². The molecule has 0 radical (unpaired) electrons. The molecule has 2 aromatic rings. The molecule has 0 spiro atoms. The monoisotopic (exact) mass is 416 g/mol. The average Bonchev–Trinajstić information content (AvgIpc) is 2.91. The molecule has 2 aromatic carbocycles. The first kappa shape index (κ1) is 20.7. The van der Waals surface area contributed by atoms with Gasteiger partial charge in [-0.05, 0) is 37.1 Å². The van der Waals surface area contributed by atoms with Crippen molar-refractivity contribution in [1.29, 1.82) is 0 Å². The zero-order valence-electron chi connectivity index (χ0n) is 16.1. The Bertz CT molecular complexity index is 1040. The standard InChI is InChI=1S/C20H20N2O6S/c1-12(2)17(21-29(26,27)14-10-8-13(3)9-11-14)20(25)28-22-18(23)15-6-4-5-7-16(15)19(22)24/h4-12,17,21H,1-3H3/t17-/m0/s1. The molecular weight excluding hydrogens is 396 g/mol. The SMILES string of the molecule is Cc1ccc(S(=O)(=O)N[C@H](C(=O)ON2C(=O)c3ccccc3C2=O)C(C)C)cc1. The zero-order valence-corrected chi connectivity index (χ0v) is 16.9. The number of nitrogens with zero attached hydrogens (tertiary/aromatic N) is 1. The smallest absolute Gasteiger partial charge is 0.328 e. The molecule has 0 saturated carbocycles. The lowest BCUT2D eigenvalue weighted by atomic mass is 10.1. The lowest BCUT2D eigenvalue weighted by Gasteiger charge is -2.22. The minimum absolute atomic E-state index is 0.0118. The fourth-order valence-electron chi connectivity index (χ4n) is 2.81. The van der Waals surface area contributed by atoms with Gasteiger partial charge in [-0.25, -0.2) is 13.2 Å². The van der Waals surface area contributed by atoms with Crippen molar-refractivity contribution in [2.45, 2.75) is 31.7 Å². The van der Waals surface area contributed by atoms with Crippen molar-refractivity contribution >= 4 is 27.8 Å². The predicted molar refractivity (Wildman–Crippen MR) is 103 cm³/mol. The van der Waals surface area contributed by atoms with E-state index in [2.05, 4.69) is 4.72 Å². The van der Waals surface area contributed by atoms with Gasteiger partial charge in [0.2, 0.25) is 10.0 Å². The van der Waals surface area contributed by atoms with Gasteiger partial charge in [0.05, 0.1) is 16.0 Å². The zero-order chi connectivity index (χ0) is 21.3. The molecule has 8 nitrogen and oxygen atoms in total. The van der Waals surface area contributed by atoms with Crippen LogP contribution in [0, 0.1) is 12.8 Å². The van der Waals surface area contributed by atoms with Crippen LogP contribution in [0.25, 0.3) is 0 Å². The number of benzene rings is 2. The highest BCUT2D eigenvalue weighted by molar-refractivity contribution is 7.89. The number of aryl methyl sites for hydroxylation is 1. The van der Waals surface area contributed by atoms with Crippen molar-refractivity contribution in [2.24, 2.45) is 5.92 Å². The van der Waals surface area contributed by atoms with E-state index in [9.17, 15) is 22.8 Å². The van der Waals surface area contributed by atoms with Crippen molar-refractivity contribution in [2.75, 3.05) is 0 Å². The Hall–Kier alpha value is -3.04. The van der Waals surface area contributed by atoms with Crippen LogP contribution in [-0.4, -0.2) is 37.3 Å². The van der Waals surface area contributed by atoms with E-state index < -0.39 is 39.8 Å². The third-order valence-electron chi connectivity index (χ3n) is 4.47. The molecule has 0 unspecified atom stereocenters. The highest BCUT2D eigenvalue weighted by Crippen LogP contribution is 2.23. The topological polar surface area (TPSA) is 110 Å². The molecule has 0 fully saturated rings. The van der Waals surface area contributed by atoms with E-state index in [0.29, 0.717) is 5.06 Å². The fourth-order valence-corrected chi connectivity index (χ4v) is 4.14. The van der Waals surface area contributed by atoms with Crippen molar-refractivity contribution in [3.05, 3.63) is 65.2 Å². The molecule has 9 heteroatoms. The lowest BCUT2D eigenvalue weighted by Crippen LogP contribution is -2.48. The summed E-state index contributed by atoms with van der Waals surface area (Å²) in [6, 6.07) is 10.9. The minimum atomic E-state index is -4.02. The highest BCUT2D eigenvalue weighted by atomic mass is 32.2. The molecule has 0 saturated heterocycles. The number of carbonyl (C=O) groups excluding carboxylic acids is 3. The van der Waals surface area contributed by atoms with E-state index >= 15 is 0 Å². The van der Waals surface area contributed by atoms with E-state index in [1.807, 2.05) is 6.92 Å². The molecule has 1 aliphatic heterocycles. The Morgan fingerprint density at radius 2 is 1.48 bits per heavy atom. The number of nitrogens with one attached hydrogen (secondary N) is 1. The molecule has 2 amide bonds.